The molecule has 0 radical (unpaired) electrons. The van der Waals surface area contributed by atoms with Crippen LogP contribution in [0.4, 0.5) is 0 Å². The van der Waals surface area contributed by atoms with Gasteiger partial charge in [0.25, 0.3) is 0 Å². The minimum atomic E-state index is -3.48. The Balaban J connectivity index is 1.57. The predicted octanol–water partition coefficient (Wildman–Crippen LogP) is 3.54. The number of carbonyl (C=O) groups is 1. The topological polar surface area (TPSA) is 66.5 Å². The van der Waals surface area contributed by atoms with Crippen LogP contribution in [-0.4, -0.2) is 37.8 Å². The lowest BCUT2D eigenvalue weighted by Gasteiger charge is -2.31. The number of nitrogens with zero attached hydrogens (tertiary/aromatic N) is 1. The number of hydrogen-bond acceptors (Lipinski definition) is 3. The van der Waals surface area contributed by atoms with Crippen molar-refractivity contribution in [2.75, 3.05) is 13.1 Å². The Morgan fingerprint density at radius 3 is 2.19 bits per heavy atom. The fourth-order valence-corrected chi connectivity index (χ4v) is 5.68. The lowest BCUT2D eigenvalue weighted by molar-refractivity contribution is -0.126. The van der Waals surface area contributed by atoms with Crippen molar-refractivity contribution in [2.24, 2.45) is 5.92 Å². The Labute approximate surface area is 163 Å². The summed E-state index contributed by atoms with van der Waals surface area (Å²) in [6.07, 6.45) is 8.26. The van der Waals surface area contributed by atoms with E-state index in [1.165, 1.54) is 30.0 Å². The minimum absolute atomic E-state index is 0.0699. The Hall–Kier alpha value is -1.40. The second kappa shape index (κ2) is 8.74. The molecule has 0 aromatic heterocycles. The van der Waals surface area contributed by atoms with Gasteiger partial charge in [-0.3, -0.25) is 4.79 Å². The van der Waals surface area contributed by atoms with E-state index in [9.17, 15) is 13.2 Å². The largest absolute Gasteiger partial charge is 0.353 e. The van der Waals surface area contributed by atoms with Crippen molar-refractivity contribution in [3.63, 3.8) is 0 Å². The molecule has 0 unspecified atom stereocenters. The highest BCUT2D eigenvalue weighted by atomic mass is 32.2. The van der Waals surface area contributed by atoms with E-state index in [2.05, 4.69) is 5.32 Å². The van der Waals surface area contributed by atoms with E-state index in [0.717, 1.165) is 24.0 Å². The molecule has 1 amide bonds. The van der Waals surface area contributed by atoms with Gasteiger partial charge in [-0.15, -0.1) is 0 Å². The highest BCUT2D eigenvalue weighted by Gasteiger charge is 2.32. The van der Waals surface area contributed by atoms with Crippen LogP contribution in [0.5, 0.6) is 0 Å². The standard InChI is InChI=1S/C21H32N2O3S/c1-16-9-10-20(15-17(16)2)27(25,26)23-13-11-18(12-14-23)21(24)22-19-7-5-3-4-6-8-19/h9-10,15,18-19H,3-8,11-14H2,1-2H3,(H,22,24). The van der Waals surface area contributed by atoms with Crippen molar-refractivity contribution in [3.05, 3.63) is 29.3 Å². The Morgan fingerprint density at radius 2 is 1.59 bits per heavy atom. The lowest BCUT2D eigenvalue weighted by Crippen LogP contribution is -2.45. The molecule has 0 atom stereocenters. The zero-order chi connectivity index (χ0) is 19.4. The van der Waals surface area contributed by atoms with Crippen molar-refractivity contribution in [1.29, 1.82) is 0 Å². The molecule has 0 spiro atoms. The third-order valence-electron chi connectivity index (χ3n) is 6.14. The summed E-state index contributed by atoms with van der Waals surface area (Å²) >= 11 is 0. The van der Waals surface area contributed by atoms with Gasteiger partial charge in [-0.25, -0.2) is 8.42 Å². The number of benzene rings is 1. The lowest BCUT2D eigenvalue weighted by atomic mass is 9.96. The number of piperidine rings is 1. The van der Waals surface area contributed by atoms with Gasteiger partial charge in [0.2, 0.25) is 15.9 Å². The van der Waals surface area contributed by atoms with E-state index < -0.39 is 10.0 Å². The summed E-state index contributed by atoms with van der Waals surface area (Å²) in [4.78, 5) is 13.0. The number of nitrogens with one attached hydrogen (secondary N) is 1. The number of aryl methyl sites for hydroxylation is 2. The molecule has 0 bridgehead atoms. The first-order valence-corrected chi connectivity index (χ1v) is 11.7. The van der Waals surface area contributed by atoms with Gasteiger partial charge in [-0.2, -0.15) is 4.31 Å². The number of rotatable bonds is 4. The predicted molar refractivity (Wildman–Crippen MR) is 107 cm³/mol. The molecule has 1 aromatic rings. The molecule has 2 aliphatic rings. The van der Waals surface area contributed by atoms with Gasteiger partial charge in [-0.1, -0.05) is 31.7 Å². The molecule has 1 aliphatic carbocycles. The smallest absolute Gasteiger partial charge is 0.243 e. The van der Waals surface area contributed by atoms with Crippen molar-refractivity contribution < 1.29 is 13.2 Å². The van der Waals surface area contributed by atoms with Gasteiger partial charge in [0, 0.05) is 25.0 Å². The van der Waals surface area contributed by atoms with E-state index in [4.69, 9.17) is 0 Å². The summed E-state index contributed by atoms with van der Waals surface area (Å²) in [5.41, 5.74) is 2.07. The first-order chi connectivity index (χ1) is 12.9. The second-order valence-electron chi connectivity index (χ2n) is 8.12. The van der Waals surface area contributed by atoms with E-state index in [0.29, 0.717) is 36.9 Å². The Kier molecular flexibility index (Phi) is 6.58. The van der Waals surface area contributed by atoms with Crippen LogP contribution in [0.25, 0.3) is 0 Å². The average Bonchev–Trinajstić information content (AvgIpc) is 2.92. The summed E-state index contributed by atoms with van der Waals surface area (Å²) in [7, 11) is -3.48. The Bertz CT molecular complexity index is 760. The molecule has 2 fully saturated rings. The molecule has 1 heterocycles. The van der Waals surface area contributed by atoms with E-state index >= 15 is 0 Å². The van der Waals surface area contributed by atoms with Crippen LogP contribution in [0.3, 0.4) is 0 Å². The number of amides is 1. The first-order valence-electron chi connectivity index (χ1n) is 10.3. The van der Waals surface area contributed by atoms with Crippen LogP contribution in [0.15, 0.2) is 23.1 Å². The average molecular weight is 393 g/mol. The zero-order valence-electron chi connectivity index (χ0n) is 16.5. The minimum Gasteiger partial charge on any atom is -0.353 e. The summed E-state index contributed by atoms with van der Waals surface area (Å²) in [5.74, 6) is 0.0459. The van der Waals surface area contributed by atoms with E-state index in [1.807, 2.05) is 19.9 Å². The van der Waals surface area contributed by atoms with Crippen LogP contribution in [-0.2, 0) is 14.8 Å². The second-order valence-corrected chi connectivity index (χ2v) is 10.1. The van der Waals surface area contributed by atoms with E-state index in [1.54, 1.807) is 12.1 Å². The van der Waals surface area contributed by atoms with Crippen LogP contribution in [0, 0.1) is 19.8 Å². The van der Waals surface area contributed by atoms with E-state index in [-0.39, 0.29) is 11.8 Å². The van der Waals surface area contributed by atoms with Gasteiger partial charge in [0.05, 0.1) is 4.90 Å². The maximum absolute atomic E-state index is 12.9. The highest BCUT2D eigenvalue weighted by molar-refractivity contribution is 7.89. The van der Waals surface area contributed by atoms with Gasteiger partial charge in [-0.05, 0) is 62.8 Å². The highest BCUT2D eigenvalue weighted by Crippen LogP contribution is 2.26. The van der Waals surface area contributed by atoms with Crippen LogP contribution in [0.1, 0.15) is 62.5 Å². The molecule has 3 rings (SSSR count). The van der Waals surface area contributed by atoms with Crippen molar-refractivity contribution in [3.8, 4) is 0 Å². The number of carbonyl (C=O) groups excluding carboxylic acids is 1. The fraction of sp³-hybridized carbons (Fsp3) is 0.667. The van der Waals surface area contributed by atoms with Gasteiger partial charge in [0.15, 0.2) is 0 Å². The summed E-state index contributed by atoms with van der Waals surface area (Å²) in [6.45, 7) is 4.73. The monoisotopic (exact) mass is 392 g/mol. The SMILES string of the molecule is Cc1ccc(S(=O)(=O)N2CCC(C(=O)NC3CCCCCC3)CC2)cc1C. The molecule has 1 saturated carbocycles. The summed E-state index contributed by atoms with van der Waals surface area (Å²) < 4.78 is 27.3. The third-order valence-corrected chi connectivity index (χ3v) is 8.04. The molecule has 1 aromatic carbocycles. The molecule has 1 aliphatic heterocycles. The normalized spacial score (nSPS) is 21.0. The summed E-state index contributed by atoms with van der Waals surface area (Å²) in [6, 6.07) is 5.59. The Morgan fingerprint density at radius 1 is 0.963 bits per heavy atom. The van der Waals surface area contributed by atoms with Crippen molar-refractivity contribution in [2.45, 2.75) is 76.2 Å². The molecule has 1 saturated heterocycles. The van der Waals surface area contributed by atoms with Crippen molar-refractivity contribution >= 4 is 15.9 Å². The number of sulfonamides is 1. The van der Waals surface area contributed by atoms with Crippen LogP contribution < -0.4 is 5.32 Å². The van der Waals surface area contributed by atoms with Gasteiger partial charge < -0.3 is 5.32 Å². The molecular formula is C21H32N2O3S. The molecular weight excluding hydrogens is 360 g/mol. The van der Waals surface area contributed by atoms with Crippen molar-refractivity contribution in [1.82, 2.24) is 9.62 Å². The number of hydrogen-bond donors (Lipinski definition) is 1. The third kappa shape index (κ3) is 4.91. The fourth-order valence-electron chi connectivity index (χ4n) is 4.12. The maximum atomic E-state index is 12.9. The molecule has 5 nitrogen and oxygen atoms in total. The molecule has 6 heteroatoms. The summed E-state index contributed by atoms with van der Waals surface area (Å²) in [5, 5.41) is 3.22. The van der Waals surface area contributed by atoms with Crippen LogP contribution in [0.2, 0.25) is 0 Å². The quantitative estimate of drug-likeness (QED) is 0.797. The molecule has 27 heavy (non-hydrogen) atoms. The first kappa shape index (κ1) is 20.3. The molecule has 150 valence electrons. The van der Waals surface area contributed by atoms with Crippen LogP contribution >= 0.6 is 0 Å². The molecule has 1 N–H and O–H groups in total. The van der Waals surface area contributed by atoms with Gasteiger partial charge >= 0.3 is 0 Å². The van der Waals surface area contributed by atoms with Gasteiger partial charge in [0.1, 0.15) is 0 Å². The zero-order valence-corrected chi connectivity index (χ0v) is 17.4. The maximum Gasteiger partial charge on any atom is 0.243 e.